The molecule has 1 N–H and O–H groups in total. The molecule has 0 radical (unpaired) electrons. The Morgan fingerprint density at radius 2 is 2.08 bits per heavy atom. The third kappa shape index (κ3) is 2.89. The van der Waals surface area contributed by atoms with Crippen molar-refractivity contribution in [2.45, 2.75) is 31.5 Å². The molecule has 2 fully saturated rings. The summed E-state index contributed by atoms with van der Waals surface area (Å²) in [7, 11) is 0. The molecule has 6 heteroatoms. The van der Waals surface area contributed by atoms with Crippen molar-refractivity contribution in [1.82, 2.24) is 20.0 Å². The number of nitrogens with zero attached hydrogens (tertiary/aromatic N) is 3. The maximum Gasteiger partial charge on any atom is 0.318 e. The van der Waals surface area contributed by atoms with Crippen molar-refractivity contribution >= 4 is 6.03 Å². The smallest absolute Gasteiger partial charge is 0.318 e. The van der Waals surface area contributed by atoms with Crippen LogP contribution in [0.1, 0.15) is 24.0 Å². The largest absolute Gasteiger partial charge is 0.379 e. The van der Waals surface area contributed by atoms with E-state index in [0.717, 1.165) is 38.1 Å². The molecule has 1 aromatic heterocycles. The fourth-order valence-corrected chi connectivity index (χ4v) is 3.48. The van der Waals surface area contributed by atoms with Crippen LogP contribution in [0, 0.1) is 0 Å². The van der Waals surface area contributed by atoms with Crippen LogP contribution in [-0.2, 0) is 17.8 Å². The van der Waals surface area contributed by atoms with Crippen LogP contribution in [0.5, 0.6) is 0 Å². The Bertz CT molecular complexity index is 690. The molecule has 0 saturated carbocycles. The number of likely N-dealkylation sites (tertiary alicyclic amines) is 1. The number of carbonyl (C=O) groups excluding carboxylic acids is 1. The van der Waals surface area contributed by atoms with Crippen molar-refractivity contribution in [3.8, 4) is 0 Å². The normalized spacial score (nSPS) is 22.6. The third-order valence-corrected chi connectivity index (χ3v) is 5.07. The Morgan fingerprint density at radius 1 is 1.25 bits per heavy atom. The summed E-state index contributed by atoms with van der Waals surface area (Å²) >= 11 is 0. The van der Waals surface area contributed by atoms with E-state index in [0.29, 0.717) is 13.2 Å². The Labute approximate surface area is 141 Å². The van der Waals surface area contributed by atoms with Gasteiger partial charge in [0, 0.05) is 32.1 Å². The molecule has 2 amide bonds. The highest BCUT2D eigenvalue weighted by atomic mass is 16.5. The summed E-state index contributed by atoms with van der Waals surface area (Å²) in [5, 5.41) is 7.24. The summed E-state index contributed by atoms with van der Waals surface area (Å²) in [5.41, 5.74) is 2.26. The zero-order valence-electron chi connectivity index (χ0n) is 13.6. The maximum absolute atomic E-state index is 12.4. The first kappa shape index (κ1) is 15.2. The molecule has 1 atom stereocenters. The van der Waals surface area contributed by atoms with E-state index in [9.17, 15) is 4.79 Å². The minimum absolute atomic E-state index is 0.0207. The van der Waals surface area contributed by atoms with Gasteiger partial charge in [-0.25, -0.2) is 4.79 Å². The van der Waals surface area contributed by atoms with Gasteiger partial charge in [-0.1, -0.05) is 24.3 Å². The fourth-order valence-electron chi connectivity index (χ4n) is 3.48. The molecule has 0 unspecified atom stereocenters. The summed E-state index contributed by atoms with van der Waals surface area (Å²) in [6, 6.07) is 10.2. The second-order valence-electron chi connectivity index (χ2n) is 6.61. The van der Waals surface area contributed by atoms with Crippen molar-refractivity contribution < 1.29 is 9.53 Å². The van der Waals surface area contributed by atoms with Crippen molar-refractivity contribution in [3.05, 3.63) is 53.9 Å². The summed E-state index contributed by atoms with van der Waals surface area (Å²) in [6.45, 7) is 3.59. The molecule has 24 heavy (non-hydrogen) atoms. The van der Waals surface area contributed by atoms with Crippen LogP contribution < -0.4 is 5.32 Å². The number of carbonyl (C=O) groups is 1. The number of ether oxygens (including phenoxy) is 1. The summed E-state index contributed by atoms with van der Waals surface area (Å²) < 4.78 is 7.37. The van der Waals surface area contributed by atoms with Crippen molar-refractivity contribution in [3.63, 3.8) is 0 Å². The first-order valence-corrected chi connectivity index (χ1v) is 8.44. The van der Waals surface area contributed by atoms with E-state index in [4.69, 9.17) is 4.74 Å². The molecule has 6 nitrogen and oxygen atoms in total. The van der Waals surface area contributed by atoms with Gasteiger partial charge in [0.15, 0.2) is 0 Å². The second-order valence-corrected chi connectivity index (χ2v) is 6.61. The number of hydrogen-bond acceptors (Lipinski definition) is 3. The van der Waals surface area contributed by atoms with Crippen LogP contribution >= 0.6 is 0 Å². The molecule has 2 aliphatic rings. The Hall–Kier alpha value is -2.34. The lowest BCUT2D eigenvalue weighted by molar-refractivity contribution is 0.0141. The Kier molecular flexibility index (Phi) is 3.98. The van der Waals surface area contributed by atoms with Crippen LogP contribution in [0.2, 0.25) is 0 Å². The number of aromatic nitrogens is 2. The highest BCUT2D eigenvalue weighted by Gasteiger charge is 2.49. The molecular weight excluding hydrogens is 304 g/mol. The van der Waals surface area contributed by atoms with Gasteiger partial charge < -0.3 is 15.0 Å². The standard InChI is InChI=1S/C18H22N4O2/c23-17(22-10-6-18(22)7-11-24-14-18)19-12-15-2-4-16(5-3-15)13-21-9-1-8-20-21/h1-5,8-9H,6-7,10-14H2,(H,19,23)/t18-/m0/s1. The molecule has 126 valence electrons. The lowest BCUT2D eigenvalue weighted by atomic mass is 9.84. The van der Waals surface area contributed by atoms with E-state index in [1.807, 2.05) is 21.8 Å². The molecular formula is C18H22N4O2. The number of nitrogens with one attached hydrogen (secondary N) is 1. The first-order valence-electron chi connectivity index (χ1n) is 8.44. The number of benzene rings is 1. The van der Waals surface area contributed by atoms with Gasteiger partial charge in [-0.3, -0.25) is 4.68 Å². The zero-order valence-corrected chi connectivity index (χ0v) is 13.6. The summed E-state index contributed by atoms with van der Waals surface area (Å²) in [6.07, 6.45) is 5.75. The monoisotopic (exact) mass is 326 g/mol. The second kappa shape index (κ2) is 6.28. The molecule has 2 aromatic rings. The van der Waals surface area contributed by atoms with Gasteiger partial charge in [0.2, 0.25) is 0 Å². The molecule has 4 rings (SSSR count). The van der Waals surface area contributed by atoms with Gasteiger partial charge in [0.1, 0.15) is 0 Å². The van der Waals surface area contributed by atoms with E-state index in [1.165, 1.54) is 5.56 Å². The summed E-state index contributed by atoms with van der Waals surface area (Å²) in [5.74, 6) is 0. The number of hydrogen-bond donors (Lipinski definition) is 1. The molecule has 0 bridgehead atoms. The highest BCUT2D eigenvalue weighted by Crippen LogP contribution is 2.37. The van der Waals surface area contributed by atoms with Crippen molar-refractivity contribution in [1.29, 1.82) is 0 Å². The Morgan fingerprint density at radius 3 is 2.71 bits per heavy atom. The molecule has 1 spiro atoms. The van der Waals surface area contributed by atoms with Crippen LogP contribution in [0.25, 0.3) is 0 Å². The molecule has 3 heterocycles. The fraction of sp³-hybridized carbons (Fsp3) is 0.444. The van der Waals surface area contributed by atoms with E-state index >= 15 is 0 Å². The van der Waals surface area contributed by atoms with Gasteiger partial charge >= 0.3 is 6.03 Å². The summed E-state index contributed by atoms with van der Waals surface area (Å²) in [4.78, 5) is 14.3. The van der Waals surface area contributed by atoms with E-state index in [2.05, 4.69) is 34.7 Å². The number of amides is 2. The van der Waals surface area contributed by atoms with E-state index in [1.54, 1.807) is 6.20 Å². The minimum atomic E-state index is -0.0301. The van der Waals surface area contributed by atoms with Crippen molar-refractivity contribution in [2.24, 2.45) is 0 Å². The lowest BCUT2D eigenvalue weighted by Gasteiger charge is -2.49. The number of urea groups is 1. The zero-order chi connectivity index (χ0) is 16.4. The van der Waals surface area contributed by atoms with Crippen molar-refractivity contribution in [2.75, 3.05) is 19.8 Å². The topological polar surface area (TPSA) is 59.4 Å². The Balaban J connectivity index is 1.30. The molecule has 2 saturated heterocycles. The lowest BCUT2D eigenvalue weighted by Crippen LogP contribution is -2.64. The maximum atomic E-state index is 12.4. The molecule has 1 aromatic carbocycles. The quantitative estimate of drug-likeness (QED) is 0.935. The predicted molar refractivity (Wildman–Crippen MR) is 89.5 cm³/mol. The first-order chi connectivity index (χ1) is 11.8. The van der Waals surface area contributed by atoms with Gasteiger partial charge in [-0.15, -0.1) is 0 Å². The van der Waals surface area contributed by atoms with E-state index < -0.39 is 0 Å². The highest BCUT2D eigenvalue weighted by molar-refractivity contribution is 5.76. The van der Waals surface area contributed by atoms with Crippen LogP contribution in [-0.4, -0.2) is 46.0 Å². The van der Waals surface area contributed by atoms with Gasteiger partial charge in [-0.05, 0) is 30.0 Å². The van der Waals surface area contributed by atoms with Crippen LogP contribution in [0.4, 0.5) is 4.79 Å². The predicted octanol–water partition coefficient (Wildman–Crippen LogP) is 2.01. The average molecular weight is 326 g/mol. The van der Waals surface area contributed by atoms with Gasteiger partial charge in [0.25, 0.3) is 0 Å². The van der Waals surface area contributed by atoms with Gasteiger partial charge in [-0.2, -0.15) is 5.10 Å². The molecule has 0 aliphatic carbocycles. The average Bonchev–Trinajstić information content (AvgIpc) is 3.26. The number of rotatable bonds is 4. The molecule has 2 aliphatic heterocycles. The van der Waals surface area contributed by atoms with Crippen LogP contribution in [0.15, 0.2) is 42.7 Å². The van der Waals surface area contributed by atoms with Gasteiger partial charge in [0.05, 0.1) is 18.7 Å². The minimum Gasteiger partial charge on any atom is -0.379 e. The third-order valence-electron chi connectivity index (χ3n) is 5.07. The van der Waals surface area contributed by atoms with E-state index in [-0.39, 0.29) is 11.6 Å². The van der Waals surface area contributed by atoms with Crippen LogP contribution in [0.3, 0.4) is 0 Å². The SMILES string of the molecule is O=C(NCc1ccc(Cn2cccn2)cc1)N1CC[C@@]12CCOC2.